The third kappa shape index (κ3) is 1.36. The van der Waals surface area contributed by atoms with Gasteiger partial charge in [0.15, 0.2) is 0 Å². The van der Waals surface area contributed by atoms with E-state index >= 15 is 0 Å². The van der Waals surface area contributed by atoms with Crippen LogP contribution in [0.5, 0.6) is 0 Å². The summed E-state index contributed by atoms with van der Waals surface area (Å²) in [5, 5.41) is 6.89. The van der Waals surface area contributed by atoms with Crippen LogP contribution >= 0.6 is 11.3 Å². The molecule has 1 aromatic heterocycles. The normalized spacial score (nSPS) is 16.6. The van der Waals surface area contributed by atoms with Crippen LogP contribution < -0.4 is 5.14 Å². The van der Waals surface area contributed by atoms with E-state index in [0.29, 0.717) is 4.21 Å². The standard InChI is InChI=1S/C5H8N2OS2/c1-4-2-3-9-5(4)10(6,7)8/h2-3H,1H3,(H3,6,7,8). The third-order valence-electron chi connectivity index (χ3n) is 1.09. The van der Waals surface area contributed by atoms with E-state index in [1.54, 1.807) is 18.4 Å². The van der Waals surface area contributed by atoms with E-state index in [4.69, 9.17) is 9.92 Å². The van der Waals surface area contributed by atoms with E-state index in [1.807, 2.05) is 0 Å². The largest absolute Gasteiger partial charge is 0.241 e. The minimum atomic E-state index is -2.97. The second kappa shape index (κ2) is 2.34. The van der Waals surface area contributed by atoms with Crippen LogP contribution in [0.4, 0.5) is 0 Å². The van der Waals surface area contributed by atoms with Crippen LogP contribution in [0.15, 0.2) is 15.7 Å². The van der Waals surface area contributed by atoms with Gasteiger partial charge >= 0.3 is 0 Å². The van der Waals surface area contributed by atoms with Crippen LogP contribution in [0.1, 0.15) is 5.56 Å². The molecule has 0 aliphatic rings. The summed E-state index contributed by atoms with van der Waals surface area (Å²) < 4.78 is 18.5. The Morgan fingerprint density at radius 2 is 2.40 bits per heavy atom. The van der Waals surface area contributed by atoms with Crippen molar-refractivity contribution >= 4 is 21.3 Å². The van der Waals surface area contributed by atoms with Gasteiger partial charge in [0.1, 0.15) is 14.1 Å². The molecule has 5 heteroatoms. The number of nitrogens with two attached hydrogens (primary N) is 1. The molecule has 0 amide bonds. The molecule has 10 heavy (non-hydrogen) atoms. The fraction of sp³-hybridized carbons (Fsp3) is 0.200. The Bertz CT molecular complexity index is 325. The van der Waals surface area contributed by atoms with Gasteiger partial charge in [-0.15, -0.1) is 11.3 Å². The maximum Gasteiger partial charge on any atom is 0.141 e. The summed E-state index contributed by atoms with van der Waals surface area (Å²) >= 11 is 1.27. The van der Waals surface area contributed by atoms with Gasteiger partial charge in [-0.1, -0.05) is 0 Å². The first-order valence-corrected chi connectivity index (χ1v) is 5.12. The van der Waals surface area contributed by atoms with Gasteiger partial charge in [-0.3, -0.25) is 0 Å². The highest BCUT2D eigenvalue weighted by Gasteiger charge is 2.07. The Balaban J connectivity index is 3.32. The van der Waals surface area contributed by atoms with Crippen LogP contribution in [0, 0.1) is 11.7 Å². The summed E-state index contributed by atoms with van der Waals surface area (Å²) in [6.45, 7) is 1.80. The van der Waals surface area contributed by atoms with E-state index in [0.717, 1.165) is 5.56 Å². The molecular weight excluding hydrogens is 168 g/mol. The first-order chi connectivity index (χ1) is 4.52. The van der Waals surface area contributed by atoms with E-state index in [1.165, 1.54) is 11.3 Å². The first-order valence-electron chi connectivity index (χ1n) is 2.62. The molecule has 0 spiro atoms. The zero-order valence-electron chi connectivity index (χ0n) is 5.46. The van der Waals surface area contributed by atoms with Crippen molar-refractivity contribution in [2.75, 3.05) is 0 Å². The maximum atomic E-state index is 10.9. The molecule has 1 unspecified atom stereocenters. The van der Waals surface area contributed by atoms with Crippen molar-refractivity contribution in [3.8, 4) is 0 Å². The summed E-state index contributed by atoms with van der Waals surface area (Å²) in [6, 6.07) is 1.81. The second-order valence-electron chi connectivity index (χ2n) is 1.99. The van der Waals surface area contributed by atoms with Crippen molar-refractivity contribution in [2.45, 2.75) is 11.1 Å². The lowest BCUT2D eigenvalue weighted by molar-refractivity contribution is 0.677. The van der Waals surface area contributed by atoms with Crippen molar-refractivity contribution in [1.29, 1.82) is 4.78 Å². The number of aryl methyl sites for hydroxylation is 1. The average Bonchev–Trinajstić information content (AvgIpc) is 2.11. The molecule has 0 bridgehead atoms. The van der Waals surface area contributed by atoms with Gasteiger partial charge in [0.05, 0.1) is 0 Å². The predicted molar refractivity (Wildman–Crippen MR) is 42.4 cm³/mol. The van der Waals surface area contributed by atoms with Gasteiger partial charge in [0.25, 0.3) is 0 Å². The molecule has 3 N–H and O–H groups in total. The number of hydrogen-bond acceptors (Lipinski definition) is 3. The van der Waals surface area contributed by atoms with Crippen molar-refractivity contribution in [3.05, 3.63) is 17.0 Å². The van der Waals surface area contributed by atoms with Crippen molar-refractivity contribution < 1.29 is 4.21 Å². The van der Waals surface area contributed by atoms with Crippen LogP contribution in [0.2, 0.25) is 0 Å². The molecule has 0 saturated heterocycles. The molecule has 0 aromatic carbocycles. The topological polar surface area (TPSA) is 66.9 Å². The second-order valence-corrected chi connectivity index (χ2v) is 4.78. The fourth-order valence-corrected chi connectivity index (χ4v) is 2.60. The van der Waals surface area contributed by atoms with Gasteiger partial charge in [-0.05, 0) is 23.9 Å². The number of nitrogens with one attached hydrogen (secondary N) is 1. The molecule has 1 heterocycles. The highest BCUT2D eigenvalue weighted by atomic mass is 32.2. The first kappa shape index (κ1) is 7.71. The van der Waals surface area contributed by atoms with Gasteiger partial charge in [0.2, 0.25) is 0 Å². The van der Waals surface area contributed by atoms with Crippen molar-refractivity contribution in [3.63, 3.8) is 0 Å². The molecular formula is C5H8N2OS2. The highest BCUT2D eigenvalue weighted by molar-refractivity contribution is 7.92. The van der Waals surface area contributed by atoms with E-state index < -0.39 is 9.92 Å². The molecule has 0 aliphatic heterocycles. The van der Waals surface area contributed by atoms with E-state index in [2.05, 4.69) is 0 Å². The lowest BCUT2D eigenvalue weighted by Crippen LogP contribution is -2.09. The van der Waals surface area contributed by atoms with Gasteiger partial charge < -0.3 is 0 Å². The Hall–Kier alpha value is -0.390. The van der Waals surface area contributed by atoms with Crippen LogP contribution in [0.3, 0.4) is 0 Å². The Kier molecular flexibility index (Phi) is 1.80. The van der Waals surface area contributed by atoms with Crippen LogP contribution in [-0.4, -0.2) is 4.21 Å². The lowest BCUT2D eigenvalue weighted by Gasteiger charge is -1.95. The molecule has 1 rings (SSSR count). The monoisotopic (exact) mass is 176 g/mol. The van der Waals surface area contributed by atoms with Gasteiger partial charge in [-0.25, -0.2) is 14.1 Å². The summed E-state index contributed by atoms with van der Waals surface area (Å²) in [5.41, 5.74) is 0.840. The smallest absolute Gasteiger partial charge is 0.141 e. The zero-order valence-corrected chi connectivity index (χ0v) is 7.09. The molecule has 0 fully saturated rings. The molecule has 0 radical (unpaired) electrons. The lowest BCUT2D eigenvalue weighted by atomic mass is 10.4. The summed E-state index contributed by atoms with van der Waals surface area (Å²) in [5.74, 6) is 0. The van der Waals surface area contributed by atoms with Crippen LogP contribution in [0.25, 0.3) is 0 Å². The Morgan fingerprint density at radius 1 is 1.80 bits per heavy atom. The predicted octanol–water partition coefficient (Wildman–Crippen LogP) is 1.34. The maximum absolute atomic E-state index is 10.9. The Labute approximate surface area is 64.0 Å². The van der Waals surface area contributed by atoms with E-state index in [-0.39, 0.29) is 0 Å². The summed E-state index contributed by atoms with van der Waals surface area (Å²) in [4.78, 5) is 0. The highest BCUT2D eigenvalue weighted by Crippen LogP contribution is 2.19. The fourth-order valence-electron chi connectivity index (χ4n) is 0.670. The Morgan fingerprint density at radius 3 is 2.60 bits per heavy atom. The molecule has 56 valence electrons. The molecule has 1 aromatic rings. The SMILES string of the molecule is Cc1ccsc1S(=N)(N)=O. The average molecular weight is 176 g/mol. The molecule has 3 nitrogen and oxygen atoms in total. The minimum absolute atomic E-state index is 0.479. The molecule has 0 aliphatic carbocycles. The molecule has 1 atom stereocenters. The van der Waals surface area contributed by atoms with E-state index in [9.17, 15) is 4.21 Å². The van der Waals surface area contributed by atoms with Gasteiger partial charge in [0, 0.05) is 0 Å². The van der Waals surface area contributed by atoms with Crippen molar-refractivity contribution in [2.24, 2.45) is 5.14 Å². The number of hydrogen-bond donors (Lipinski definition) is 2. The van der Waals surface area contributed by atoms with Crippen molar-refractivity contribution in [1.82, 2.24) is 0 Å². The van der Waals surface area contributed by atoms with Gasteiger partial charge in [-0.2, -0.15) is 0 Å². The summed E-state index contributed by atoms with van der Waals surface area (Å²) in [6.07, 6.45) is 0. The zero-order chi connectivity index (χ0) is 7.78. The quantitative estimate of drug-likeness (QED) is 0.666. The number of thiophene rings is 1. The summed E-state index contributed by atoms with van der Waals surface area (Å²) in [7, 11) is -2.97. The number of rotatable bonds is 1. The minimum Gasteiger partial charge on any atom is -0.241 e. The molecule has 0 saturated carbocycles. The third-order valence-corrected chi connectivity index (χ3v) is 3.80. The van der Waals surface area contributed by atoms with Crippen LogP contribution in [-0.2, 0) is 9.92 Å².